The van der Waals surface area contributed by atoms with Crippen LogP contribution in [0.1, 0.15) is 84.5 Å². The first kappa shape index (κ1) is 20.4. The molecule has 0 aliphatic carbocycles. The second-order valence-corrected chi connectivity index (χ2v) is 7.52. The number of unbranched alkanes of at least 4 members (excludes halogenated alkanes) is 9. The highest BCUT2D eigenvalue weighted by molar-refractivity contribution is 5.76. The smallest absolute Gasteiger partial charge is 0.365 e. The summed E-state index contributed by atoms with van der Waals surface area (Å²) in [7, 11) is 5.93. The summed E-state index contributed by atoms with van der Waals surface area (Å²) in [5.74, 6) is -0.675. The Bertz CT molecular complexity index is 283. The molecule has 0 aromatic carbocycles. The Balaban J connectivity index is 3.72. The van der Waals surface area contributed by atoms with Crippen molar-refractivity contribution in [2.45, 2.75) is 90.0 Å². The molecule has 0 saturated heterocycles. The molecule has 0 aromatic rings. The number of aliphatic carboxylic acids is 1. The predicted octanol–water partition coefficient (Wildman–Crippen LogP) is 4.85. The Kier molecular flexibility index (Phi) is 9.93. The molecule has 0 aromatic heterocycles. The predicted molar refractivity (Wildman–Crippen MR) is 90.5 cm³/mol. The van der Waals surface area contributed by atoms with E-state index < -0.39 is 11.5 Å². The Labute approximate surface area is 132 Å². The first-order valence-electron chi connectivity index (χ1n) is 8.80. The van der Waals surface area contributed by atoms with E-state index in [1.165, 1.54) is 51.4 Å². The molecule has 0 aliphatic rings. The van der Waals surface area contributed by atoms with Gasteiger partial charge in [-0.05, 0) is 6.42 Å². The van der Waals surface area contributed by atoms with Crippen LogP contribution < -0.4 is 0 Å². The topological polar surface area (TPSA) is 37.3 Å². The first-order valence-corrected chi connectivity index (χ1v) is 8.80. The Hall–Kier alpha value is -0.570. The summed E-state index contributed by atoms with van der Waals surface area (Å²) >= 11 is 0. The highest BCUT2D eigenvalue weighted by Gasteiger charge is 2.45. The van der Waals surface area contributed by atoms with Gasteiger partial charge in [-0.25, -0.2) is 4.79 Å². The van der Waals surface area contributed by atoms with Crippen LogP contribution in [0, 0.1) is 0 Å². The molecule has 3 nitrogen and oxygen atoms in total. The summed E-state index contributed by atoms with van der Waals surface area (Å²) in [5.41, 5.74) is -0.667. The molecule has 0 heterocycles. The molecule has 1 N–H and O–H groups in total. The molecular weight excluding hydrogens is 262 g/mol. The SMILES string of the molecule is CCCCCCCCCCCCC(C)(C(=O)O)[N+](C)(C)C. The van der Waals surface area contributed by atoms with E-state index in [1.54, 1.807) is 0 Å². The molecule has 1 atom stereocenters. The van der Waals surface area contributed by atoms with Crippen LogP contribution in [0.15, 0.2) is 0 Å². The summed E-state index contributed by atoms with van der Waals surface area (Å²) in [6, 6.07) is 0. The fourth-order valence-corrected chi connectivity index (χ4v) is 2.69. The minimum atomic E-state index is -0.675. The van der Waals surface area contributed by atoms with Crippen molar-refractivity contribution in [1.82, 2.24) is 0 Å². The summed E-state index contributed by atoms with van der Waals surface area (Å²) in [4.78, 5) is 11.5. The van der Waals surface area contributed by atoms with Gasteiger partial charge in [0.2, 0.25) is 0 Å². The third-order valence-corrected chi connectivity index (χ3v) is 4.96. The van der Waals surface area contributed by atoms with E-state index in [-0.39, 0.29) is 0 Å². The van der Waals surface area contributed by atoms with Gasteiger partial charge in [0, 0.05) is 13.3 Å². The van der Waals surface area contributed by atoms with Crippen LogP contribution in [0.4, 0.5) is 0 Å². The molecule has 0 aliphatic heterocycles. The molecule has 0 saturated carbocycles. The van der Waals surface area contributed by atoms with Crippen LogP contribution in [0.5, 0.6) is 0 Å². The molecule has 0 radical (unpaired) electrons. The van der Waals surface area contributed by atoms with E-state index in [0.29, 0.717) is 4.48 Å². The highest BCUT2D eigenvalue weighted by atomic mass is 16.4. The second kappa shape index (κ2) is 10.2. The number of carboxylic acid groups (broad SMARTS) is 1. The van der Waals surface area contributed by atoms with Gasteiger partial charge in [-0.2, -0.15) is 0 Å². The molecule has 1 unspecified atom stereocenters. The number of carbonyl (C=O) groups is 1. The average Bonchev–Trinajstić information content (AvgIpc) is 2.39. The molecule has 0 amide bonds. The van der Waals surface area contributed by atoms with Crippen molar-refractivity contribution in [2.75, 3.05) is 21.1 Å². The highest BCUT2D eigenvalue weighted by Crippen LogP contribution is 2.26. The van der Waals surface area contributed by atoms with Gasteiger partial charge in [-0.3, -0.25) is 0 Å². The lowest BCUT2D eigenvalue weighted by Crippen LogP contribution is -2.59. The van der Waals surface area contributed by atoms with Gasteiger partial charge in [0.05, 0.1) is 21.1 Å². The van der Waals surface area contributed by atoms with Crippen molar-refractivity contribution in [2.24, 2.45) is 0 Å². The third-order valence-electron chi connectivity index (χ3n) is 4.96. The lowest BCUT2D eigenvalue weighted by molar-refractivity contribution is -0.912. The first-order chi connectivity index (χ1) is 9.75. The van der Waals surface area contributed by atoms with Crippen molar-refractivity contribution < 1.29 is 14.4 Å². The molecule has 21 heavy (non-hydrogen) atoms. The van der Waals surface area contributed by atoms with Crippen molar-refractivity contribution in [3.63, 3.8) is 0 Å². The van der Waals surface area contributed by atoms with Gasteiger partial charge in [0.15, 0.2) is 5.54 Å². The standard InChI is InChI=1S/C18H37NO2/c1-6-7-8-9-10-11-12-13-14-15-16-18(2,17(20)21)19(3,4)5/h6-16H2,1-5H3/p+1. The normalized spacial score (nSPS) is 14.9. The summed E-state index contributed by atoms with van der Waals surface area (Å²) in [5, 5.41) is 9.50. The number of hydrogen-bond donors (Lipinski definition) is 1. The van der Waals surface area contributed by atoms with Gasteiger partial charge in [-0.15, -0.1) is 0 Å². The van der Waals surface area contributed by atoms with Crippen molar-refractivity contribution in [3.05, 3.63) is 0 Å². The third kappa shape index (κ3) is 7.85. The van der Waals surface area contributed by atoms with Gasteiger partial charge < -0.3 is 9.59 Å². The van der Waals surface area contributed by atoms with Crippen LogP contribution >= 0.6 is 0 Å². The molecule has 0 spiro atoms. The van der Waals surface area contributed by atoms with Gasteiger partial charge in [-0.1, -0.05) is 64.7 Å². The lowest BCUT2D eigenvalue weighted by atomic mass is 9.91. The number of nitrogens with zero attached hydrogens (tertiary/aromatic N) is 1. The maximum Gasteiger partial charge on any atom is 0.365 e. The van der Waals surface area contributed by atoms with Crippen molar-refractivity contribution >= 4 is 5.97 Å². The van der Waals surface area contributed by atoms with Crippen LogP contribution in [0.25, 0.3) is 0 Å². The van der Waals surface area contributed by atoms with Crippen molar-refractivity contribution in [1.29, 1.82) is 0 Å². The zero-order valence-electron chi connectivity index (χ0n) is 15.1. The number of carboxylic acids is 1. The Morgan fingerprint density at radius 1 is 0.857 bits per heavy atom. The fraction of sp³-hybridized carbons (Fsp3) is 0.944. The Morgan fingerprint density at radius 2 is 1.24 bits per heavy atom. The van der Waals surface area contributed by atoms with E-state index in [4.69, 9.17) is 0 Å². The maximum atomic E-state index is 11.5. The largest absolute Gasteiger partial charge is 0.477 e. The van der Waals surface area contributed by atoms with Gasteiger partial charge in [0.25, 0.3) is 0 Å². The molecular formula is C18H38NO2+. The zero-order valence-corrected chi connectivity index (χ0v) is 15.1. The van der Waals surface area contributed by atoms with Gasteiger partial charge >= 0.3 is 5.97 Å². The van der Waals surface area contributed by atoms with Gasteiger partial charge in [0.1, 0.15) is 0 Å². The molecule has 126 valence electrons. The number of rotatable bonds is 13. The van der Waals surface area contributed by atoms with E-state index in [9.17, 15) is 9.90 Å². The number of quaternary nitrogens is 1. The maximum absolute atomic E-state index is 11.5. The minimum absolute atomic E-state index is 0.486. The van der Waals surface area contributed by atoms with E-state index in [0.717, 1.165) is 19.3 Å². The van der Waals surface area contributed by atoms with Crippen LogP contribution in [0.3, 0.4) is 0 Å². The monoisotopic (exact) mass is 300 g/mol. The van der Waals surface area contributed by atoms with Crippen LogP contribution in [0.2, 0.25) is 0 Å². The van der Waals surface area contributed by atoms with Crippen LogP contribution in [-0.4, -0.2) is 42.2 Å². The van der Waals surface area contributed by atoms with E-state index in [1.807, 2.05) is 28.1 Å². The molecule has 0 bridgehead atoms. The second-order valence-electron chi connectivity index (χ2n) is 7.52. The van der Waals surface area contributed by atoms with Crippen molar-refractivity contribution in [3.8, 4) is 0 Å². The average molecular weight is 301 g/mol. The summed E-state index contributed by atoms with van der Waals surface area (Å²) in [6.45, 7) is 4.13. The number of hydrogen-bond acceptors (Lipinski definition) is 1. The zero-order chi connectivity index (χ0) is 16.4. The van der Waals surface area contributed by atoms with E-state index >= 15 is 0 Å². The quantitative estimate of drug-likeness (QED) is 0.390. The summed E-state index contributed by atoms with van der Waals surface area (Å²) < 4.78 is 0.486. The van der Waals surface area contributed by atoms with Crippen LogP contribution in [-0.2, 0) is 4.79 Å². The molecule has 0 rings (SSSR count). The fourth-order valence-electron chi connectivity index (χ4n) is 2.69. The number of likely N-dealkylation sites (N-methyl/N-ethyl adjacent to an activating group) is 1. The lowest BCUT2D eigenvalue weighted by Gasteiger charge is -2.40. The minimum Gasteiger partial charge on any atom is -0.477 e. The summed E-state index contributed by atoms with van der Waals surface area (Å²) in [6.07, 6.45) is 13.7. The molecule has 0 fully saturated rings. The van der Waals surface area contributed by atoms with E-state index in [2.05, 4.69) is 6.92 Å². The molecule has 3 heteroatoms. The Morgan fingerprint density at radius 3 is 1.57 bits per heavy atom.